The van der Waals surface area contributed by atoms with Gasteiger partial charge in [0.2, 0.25) is 5.91 Å². The number of aliphatic hydroxyl groups excluding tert-OH is 2. The van der Waals surface area contributed by atoms with Crippen molar-refractivity contribution in [3.8, 4) is 0 Å². The molecule has 1 aliphatic rings. The number of ether oxygens (including phenoxy) is 1. The zero-order valence-electron chi connectivity index (χ0n) is 11.5. The number of hydrogen-bond donors (Lipinski definition) is 4. The summed E-state index contributed by atoms with van der Waals surface area (Å²) < 4.78 is 7.12. The molecule has 1 amide bonds. The maximum absolute atomic E-state index is 10.8. The van der Waals surface area contributed by atoms with E-state index in [0.29, 0.717) is 11.2 Å². The Bertz CT molecular complexity index is 704. The average Bonchev–Trinajstić information content (AvgIpc) is 3.01. The van der Waals surface area contributed by atoms with Crippen molar-refractivity contribution in [3.05, 3.63) is 12.7 Å². The molecule has 0 radical (unpaired) electrons. The van der Waals surface area contributed by atoms with Gasteiger partial charge in [0.05, 0.1) is 12.4 Å². The highest BCUT2D eigenvalue weighted by Gasteiger charge is 2.44. The monoisotopic (exact) mass is 308 g/mol. The molecule has 1 aliphatic heterocycles. The standard InChI is InChI=1S/C12H16N6O4/c13-6(19)2-1-5-8(20)9(21)12(22-5)18-4-17-7-10(14)15-3-16-11(7)18/h3-5,8-9,12,20-21H,1-2H2,(H2,13,19)(H2,14,15,16)/t5-,8-,9-,12-/m1/s1. The predicted octanol–water partition coefficient (Wildman–Crippen LogP) is -1.71. The van der Waals surface area contributed by atoms with Gasteiger partial charge in [-0.1, -0.05) is 0 Å². The number of primary amides is 1. The van der Waals surface area contributed by atoms with Gasteiger partial charge in [0.15, 0.2) is 17.7 Å². The predicted molar refractivity (Wildman–Crippen MR) is 74.1 cm³/mol. The number of carbonyl (C=O) groups excluding carboxylic acids is 1. The van der Waals surface area contributed by atoms with E-state index in [1.807, 2.05) is 0 Å². The number of aromatic nitrogens is 4. The number of amides is 1. The quantitative estimate of drug-likeness (QED) is 0.519. The molecular weight excluding hydrogens is 292 g/mol. The number of nitrogens with zero attached hydrogens (tertiary/aromatic N) is 4. The van der Waals surface area contributed by atoms with Crippen molar-refractivity contribution in [1.82, 2.24) is 19.5 Å². The SMILES string of the molecule is NC(=O)CC[C@H]1O[C@@H](n2cnc3c(N)ncnc32)[C@H](O)[C@@H]1O. The van der Waals surface area contributed by atoms with Crippen LogP contribution < -0.4 is 11.5 Å². The van der Waals surface area contributed by atoms with E-state index in [0.717, 1.165) is 0 Å². The average molecular weight is 308 g/mol. The highest BCUT2D eigenvalue weighted by atomic mass is 16.6. The smallest absolute Gasteiger partial charge is 0.217 e. The molecule has 1 saturated heterocycles. The Hall–Kier alpha value is -2.30. The summed E-state index contributed by atoms with van der Waals surface area (Å²) in [6.07, 6.45) is -0.955. The Balaban J connectivity index is 1.87. The third-order valence-electron chi connectivity index (χ3n) is 3.67. The minimum Gasteiger partial charge on any atom is -0.388 e. The molecule has 3 rings (SSSR count). The lowest BCUT2D eigenvalue weighted by Crippen LogP contribution is -2.32. The van der Waals surface area contributed by atoms with E-state index in [1.54, 1.807) is 0 Å². The van der Waals surface area contributed by atoms with Crippen molar-refractivity contribution in [2.75, 3.05) is 5.73 Å². The van der Waals surface area contributed by atoms with Gasteiger partial charge < -0.3 is 26.4 Å². The maximum atomic E-state index is 10.8. The number of imidazole rings is 1. The van der Waals surface area contributed by atoms with Crippen molar-refractivity contribution in [2.45, 2.75) is 37.4 Å². The van der Waals surface area contributed by atoms with Gasteiger partial charge in [-0.3, -0.25) is 9.36 Å². The van der Waals surface area contributed by atoms with Crippen molar-refractivity contribution in [3.63, 3.8) is 0 Å². The summed E-state index contributed by atoms with van der Waals surface area (Å²) in [5, 5.41) is 20.2. The van der Waals surface area contributed by atoms with Crippen molar-refractivity contribution < 1.29 is 19.7 Å². The highest BCUT2D eigenvalue weighted by Crippen LogP contribution is 2.33. The number of nitrogens with two attached hydrogens (primary N) is 2. The largest absolute Gasteiger partial charge is 0.388 e. The molecule has 22 heavy (non-hydrogen) atoms. The lowest BCUT2D eigenvalue weighted by Gasteiger charge is -2.16. The molecule has 0 spiro atoms. The van der Waals surface area contributed by atoms with Gasteiger partial charge in [0.1, 0.15) is 24.1 Å². The van der Waals surface area contributed by atoms with Crippen LogP contribution in [0.4, 0.5) is 5.82 Å². The molecule has 0 saturated carbocycles. The second-order valence-electron chi connectivity index (χ2n) is 5.13. The van der Waals surface area contributed by atoms with Crippen LogP contribution in [0.1, 0.15) is 19.1 Å². The molecule has 3 heterocycles. The number of fused-ring (bicyclic) bond motifs is 1. The fraction of sp³-hybridized carbons (Fsp3) is 0.500. The number of anilines is 1. The fourth-order valence-electron chi connectivity index (χ4n) is 2.54. The van der Waals surface area contributed by atoms with Gasteiger partial charge in [-0.15, -0.1) is 0 Å². The van der Waals surface area contributed by atoms with E-state index in [9.17, 15) is 15.0 Å². The molecule has 0 unspecified atom stereocenters. The highest BCUT2D eigenvalue weighted by molar-refractivity contribution is 5.81. The molecule has 2 aromatic heterocycles. The molecule has 10 nitrogen and oxygen atoms in total. The van der Waals surface area contributed by atoms with Gasteiger partial charge in [0, 0.05) is 6.42 Å². The first-order valence-electron chi connectivity index (χ1n) is 6.72. The van der Waals surface area contributed by atoms with Crippen LogP contribution in [0.15, 0.2) is 12.7 Å². The summed E-state index contributed by atoms with van der Waals surface area (Å²) in [5.41, 5.74) is 11.6. The molecule has 118 valence electrons. The van der Waals surface area contributed by atoms with Crippen LogP contribution in [0, 0.1) is 0 Å². The van der Waals surface area contributed by atoms with Gasteiger partial charge >= 0.3 is 0 Å². The van der Waals surface area contributed by atoms with Crippen molar-refractivity contribution in [2.24, 2.45) is 5.73 Å². The second-order valence-corrected chi connectivity index (χ2v) is 5.13. The second kappa shape index (κ2) is 5.48. The molecule has 6 N–H and O–H groups in total. The van der Waals surface area contributed by atoms with E-state index < -0.39 is 30.4 Å². The third kappa shape index (κ3) is 2.36. The Morgan fingerprint density at radius 2 is 2.09 bits per heavy atom. The third-order valence-corrected chi connectivity index (χ3v) is 3.67. The van der Waals surface area contributed by atoms with Crippen LogP contribution in [0.2, 0.25) is 0 Å². The number of nitrogen functional groups attached to an aromatic ring is 1. The molecule has 10 heteroatoms. The summed E-state index contributed by atoms with van der Waals surface area (Å²) in [5.74, 6) is -0.288. The molecule has 2 aromatic rings. The molecule has 0 aliphatic carbocycles. The van der Waals surface area contributed by atoms with Crippen molar-refractivity contribution in [1.29, 1.82) is 0 Å². The first-order chi connectivity index (χ1) is 10.5. The van der Waals surface area contributed by atoms with Crippen LogP contribution in [0.5, 0.6) is 0 Å². The van der Waals surface area contributed by atoms with E-state index in [4.69, 9.17) is 16.2 Å². The molecule has 0 bridgehead atoms. The summed E-state index contributed by atoms with van der Waals surface area (Å²) in [6, 6.07) is 0. The minimum atomic E-state index is -1.19. The summed E-state index contributed by atoms with van der Waals surface area (Å²) >= 11 is 0. The Kier molecular flexibility index (Phi) is 3.64. The number of aliphatic hydroxyl groups is 2. The van der Waals surface area contributed by atoms with Crippen molar-refractivity contribution >= 4 is 22.9 Å². The van der Waals surface area contributed by atoms with E-state index in [-0.39, 0.29) is 18.7 Å². The van der Waals surface area contributed by atoms with Gasteiger partial charge in [-0.25, -0.2) is 15.0 Å². The number of hydrogen-bond acceptors (Lipinski definition) is 8. The number of carbonyl (C=O) groups is 1. The van der Waals surface area contributed by atoms with Crippen LogP contribution in [0.3, 0.4) is 0 Å². The maximum Gasteiger partial charge on any atom is 0.217 e. The van der Waals surface area contributed by atoms with Gasteiger partial charge in [0.25, 0.3) is 0 Å². The summed E-state index contributed by atoms with van der Waals surface area (Å²) in [4.78, 5) is 22.8. The minimum absolute atomic E-state index is 0.0565. The van der Waals surface area contributed by atoms with Gasteiger partial charge in [-0.05, 0) is 6.42 Å². The first-order valence-corrected chi connectivity index (χ1v) is 6.72. The van der Waals surface area contributed by atoms with E-state index in [1.165, 1.54) is 17.2 Å². The normalized spacial score (nSPS) is 28.3. The zero-order chi connectivity index (χ0) is 15.9. The van der Waals surface area contributed by atoms with E-state index in [2.05, 4.69) is 15.0 Å². The Morgan fingerprint density at radius 1 is 1.32 bits per heavy atom. The first kappa shape index (κ1) is 14.6. The molecule has 1 fully saturated rings. The summed E-state index contributed by atoms with van der Waals surface area (Å²) in [6.45, 7) is 0. The van der Waals surface area contributed by atoms with Crippen LogP contribution >= 0.6 is 0 Å². The molecule has 0 aromatic carbocycles. The lowest BCUT2D eigenvalue weighted by molar-refractivity contribution is -0.119. The summed E-state index contributed by atoms with van der Waals surface area (Å²) in [7, 11) is 0. The Morgan fingerprint density at radius 3 is 2.82 bits per heavy atom. The molecular formula is C12H16N6O4. The van der Waals surface area contributed by atoms with Crippen LogP contribution in [-0.2, 0) is 9.53 Å². The molecule has 4 atom stereocenters. The zero-order valence-corrected chi connectivity index (χ0v) is 11.5. The topological polar surface area (TPSA) is 162 Å². The van der Waals surface area contributed by atoms with E-state index >= 15 is 0 Å². The lowest BCUT2D eigenvalue weighted by atomic mass is 10.1. The van der Waals surface area contributed by atoms with Crippen LogP contribution in [-0.4, -0.2) is 54.0 Å². The van der Waals surface area contributed by atoms with Crippen LogP contribution in [0.25, 0.3) is 11.2 Å². The Labute approximate surface area is 124 Å². The number of rotatable bonds is 4. The van der Waals surface area contributed by atoms with Gasteiger partial charge in [-0.2, -0.15) is 0 Å². The fourth-order valence-corrected chi connectivity index (χ4v) is 2.54.